The summed E-state index contributed by atoms with van der Waals surface area (Å²) in [6.45, 7) is 0.593. The van der Waals surface area contributed by atoms with E-state index in [9.17, 15) is 4.79 Å². The van der Waals surface area contributed by atoms with E-state index in [0.717, 1.165) is 20.9 Å². The van der Waals surface area contributed by atoms with Gasteiger partial charge in [-0.15, -0.1) is 11.3 Å². The summed E-state index contributed by atoms with van der Waals surface area (Å²) in [5, 5.41) is 6.90. The number of carbonyl (C=O) groups excluding carboxylic acids is 1. The van der Waals surface area contributed by atoms with Crippen molar-refractivity contribution in [3.63, 3.8) is 0 Å². The molecule has 0 aliphatic rings. The number of hydrogen-bond acceptors (Lipinski definition) is 7. The molecule has 0 aliphatic carbocycles. The molecule has 3 aromatic heterocycles. The Hall–Kier alpha value is -2.94. The van der Waals surface area contributed by atoms with Crippen LogP contribution in [0.15, 0.2) is 72.8 Å². The number of nitrogens with one attached hydrogen (secondary N) is 2. The van der Waals surface area contributed by atoms with Crippen molar-refractivity contribution in [2.45, 2.75) is 19.0 Å². The number of pyridine rings is 1. The van der Waals surface area contributed by atoms with Crippen molar-refractivity contribution >= 4 is 33.7 Å². The lowest BCUT2D eigenvalue weighted by atomic mass is 10.1. The molecule has 0 saturated carbocycles. The topological polar surface area (TPSA) is 79.8 Å². The summed E-state index contributed by atoms with van der Waals surface area (Å²) in [5.74, 6) is -0.103. The third-order valence-corrected chi connectivity index (χ3v) is 6.05. The number of anilines is 1. The van der Waals surface area contributed by atoms with Gasteiger partial charge in [-0.2, -0.15) is 0 Å². The first-order valence-corrected chi connectivity index (χ1v) is 10.8. The predicted octanol–water partition coefficient (Wildman–Crippen LogP) is 4.00. The van der Waals surface area contributed by atoms with Crippen molar-refractivity contribution in [2.75, 3.05) is 5.32 Å². The summed E-state index contributed by atoms with van der Waals surface area (Å²) in [4.78, 5) is 27.6. The maximum absolute atomic E-state index is 13.0. The fraction of sp³-hybridized carbons (Fsp3) is 0.143. The molecule has 0 aliphatic heterocycles. The third kappa shape index (κ3) is 5.32. The molecule has 2 N–H and O–H groups in total. The lowest BCUT2D eigenvalue weighted by Crippen LogP contribution is -2.41. The quantitative estimate of drug-likeness (QED) is 0.449. The van der Waals surface area contributed by atoms with E-state index < -0.39 is 0 Å². The first-order valence-electron chi connectivity index (χ1n) is 9.10. The molecule has 4 aromatic rings. The fourth-order valence-electron chi connectivity index (χ4n) is 2.83. The summed E-state index contributed by atoms with van der Waals surface area (Å²) < 4.78 is 0. The first-order chi connectivity index (χ1) is 14.3. The Morgan fingerprint density at radius 3 is 2.62 bits per heavy atom. The van der Waals surface area contributed by atoms with Gasteiger partial charge in [0.1, 0.15) is 0 Å². The molecule has 0 saturated heterocycles. The minimum absolute atomic E-state index is 0.103. The van der Waals surface area contributed by atoms with Gasteiger partial charge in [-0.3, -0.25) is 14.8 Å². The highest BCUT2D eigenvalue weighted by atomic mass is 32.1. The summed E-state index contributed by atoms with van der Waals surface area (Å²) in [6.07, 6.45) is 7.66. The van der Waals surface area contributed by atoms with E-state index in [1.807, 2.05) is 48.7 Å². The van der Waals surface area contributed by atoms with Gasteiger partial charge in [0.2, 0.25) is 5.91 Å². The van der Waals surface area contributed by atoms with Gasteiger partial charge in [0, 0.05) is 36.2 Å². The van der Waals surface area contributed by atoms with Crippen LogP contribution in [0.4, 0.5) is 5.13 Å². The monoisotopic (exact) mass is 421 g/mol. The zero-order chi connectivity index (χ0) is 19.9. The fourth-order valence-corrected chi connectivity index (χ4v) is 4.20. The van der Waals surface area contributed by atoms with Gasteiger partial charge in [-0.05, 0) is 29.7 Å². The molecule has 1 atom stereocenters. The summed E-state index contributed by atoms with van der Waals surface area (Å²) in [5.41, 5.74) is 3.92. The number of aromatic nitrogens is 3. The highest BCUT2D eigenvalue weighted by molar-refractivity contribution is 7.19. The van der Waals surface area contributed by atoms with Crippen molar-refractivity contribution in [3.05, 3.63) is 83.2 Å². The molecule has 6 nitrogen and oxygen atoms in total. The van der Waals surface area contributed by atoms with E-state index >= 15 is 0 Å². The molecule has 29 heavy (non-hydrogen) atoms. The van der Waals surface area contributed by atoms with E-state index in [1.165, 1.54) is 11.3 Å². The smallest absolute Gasteiger partial charge is 0.243 e. The van der Waals surface area contributed by atoms with Crippen LogP contribution in [0.2, 0.25) is 0 Å². The van der Waals surface area contributed by atoms with Gasteiger partial charge in [-0.1, -0.05) is 41.7 Å². The van der Waals surface area contributed by atoms with Crippen LogP contribution in [-0.2, 0) is 17.8 Å². The maximum atomic E-state index is 13.0. The molecule has 1 aromatic carbocycles. The standard InChI is InChI=1S/C21H19N5OS2/c27-20(26-21-25-13-19(29-21)16-6-8-22-9-7-16)18(10-15-4-2-1-3-5-15)24-12-17-11-23-14-28-17/h1-9,11,13-14,18,24H,10,12H2,(H,25,26,27)/t18-/m0/s1. The highest BCUT2D eigenvalue weighted by Gasteiger charge is 2.20. The van der Waals surface area contributed by atoms with Crippen LogP contribution in [0.25, 0.3) is 10.4 Å². The molecule has 8 heteroatoms. The van der Waals surface area contributed by atoms with Gasteiger partial charge in [0.25, 0.3) is 0 Å². The predicted molar refractivity (Wildman–Crippen MR) is 117 cm³/mol. The highest BCUT2D eigenvalue weighted by Crippen LogP contribution is 2.28. The molecular weight excluding hydrogens is 402 g/mol. The lowest BCUT2D eigenvalue weighted by Gasteiger charge is -2.17. The van der Waals surface area contributed by atoms with Gasteiger partial charge < -0.3 is 10.6 Å². The van der Waals surface area contributed by atoms with Crippen molar-refractivity contribution < 1.29 is 4.79 Å². The molecular formula is C21H19N5OS2. The molecule has 0 fully saturated rings. The SMILES string of the molecule is O=C(Nc1ncc(-c2ccncc2)s1)[C@H](Cc1ccccc1)NCc1cncs1. The number of hydrogen-bond donors (Lipinski definition) is 2. The molecule has 0 spiro atoms. The summed E-state index contributed by atoms with van der Waals surface area (Å²) >= 11 is 3.01. The van der Waals surface area contributed by atoms with E-state index in [2.05, 4.69) is 25.6 Å². The van der Waals surface area contributed by atoms with Crippen LogP contribution >= 0.6 is 22.7 Å². The van der Waals surface area contributed by atoms with Crippen molar-refractivity contribution in [3.8, 4) is 10.4 Å². The minimum Gasteiger partial charge on any atom is -0.301 e. The van der Waals surface area contributed by atoms with E-state index in [-0.39, 0.29) is 11.9 Å². The zero-order valence-corrected chi connectivity index (χ0v) is 17.1. The number of rotatable bonds is 8. The summed E-state index contributed by atoms with van der Waals surface area (Å²) in [7, 11) is 0. The Balaban J connectivity index is 1.46. The first kappa shape index (κ1) is 19.4. The van der Waals surface area contributed by atoms with Gasteiger partial charge >= 0.3 is 0 Å². The number of nitrogens with zero attached hydrogens (tertiary/aromatic N) is 3. The molecule has 146 valence electrons. The Bertz CT molecular complexity index is 1040. The largest absolute Gasteiger partial charge is 0.301 e. The Labute approximate surface area is 176 Å². The minimum atomic E-state index is -0.382. The zero-order valence-electron chi connectivity index (χ0n) is 15.5. The van der Waals surface area contributed by atoms with Crippen molar-refractivity contribution in [1.82, 2.24) is 20.3 Å². The third-order valence-electron chi connectivity index (χ3n) is 4.31. The van der Waals surface area contributed by atoms with Crippen LogP contribution in [0.1, 0.15) is 10.4 Å². The second kappa shape index (κ2) is 9.51. The van der Waals surface area contributed by atoms with Gasteiger partial charge in [-0.25, -0.2) is 4.98 Å². The Morgan fingerprint density at radius 1 is 1.03 bits per heavy atom. The molecule has 0 bridgehead atoms. The van der Waals surface area contributed by atoms with Crippen molar-refractivity contribution in [1.29, 1.82) is 0 Å². The van der Waals surface area contributed by atoms with Crippen LogP contribution in [0.3, 0.4) is 0 Å². The normalized spacial score (nSPS) is 11.9. The maximum Gasteiger partial charge on any atom is 0.243 e. The number of thiazole rings is 2. The second-order valence-corrected chi connectivity index (χ2v) is 8.35. The average molecular weight is 422 g/mol. The second-order valence-electron chi connectivity index (χ2n) is 6.35. The van der Waals surface area contributed by atoms with E-state index in [1.54, 1.807) is 35.4 Å². The van der Waals surface area contributed by atoms with Crippen LogP contribution in [0.5, 0.6) is 0 Å². The van der Waals surface area contributed by atoms with Gasteiger partial charge in [0.15, 0.2) is 5.13 Å². The van der Waals surface area contributed by atoms with Crippen LogP contribution in [-0.4, -0.2) is 26.9 Å². The molecule has 0 unspecified atom stereocenters. The number of benzene rings is 1. The average Bonchev–Trinajstić information content (AvgIpc) is 3.45. The number of amides is 1. The van der Waals surface area contributed by atoms with Gasteiger partial charge in [0.05, 0.1) is 16.4 Å². The molecule has 1 amide bonds. The van der Waals surface area contributed by atoms with Crippen LogP contribution < -0.4 is 10.6 Å². The van der Waals surface area contributed by atoms with Crippen molar-refractivity contribution in [2.24, 2.45) is 0 Å². The van der Waals surface area contributed by atoms with Crippen LogP contribution in [0, 0.1) is 0 Å². The number of carbonyl (C=O) groups is 1. The van der Waals surface area contributed by atoms with E-state index in [4.69, 9.17) is 0 Å². The molecule has 4 rings (SSSR count). The van der Waals surface area contributed by atoms with E-state index in [0.29, 0.717) is 18.1 Å². The lowest BCUT2D eigenvalue weighted by molar-refractivity contribution is -0.118. The Morgan fingerprint density at radius 2 is 1.86 bits per heavy atom. The molecule has 3 heterocycles. The molecule has 0 radical (unpaired) electrons. The Kier molecular flexibility index (Phi) is 6.35. The summed E-state index contributed by atoms with van der Waals surface area (Å²) in [6, 6.07) is 13.5.